The summed E-state index contributed by atoms with van der Waals surface area (Å²) in [6.07, 6.45) is 0. The number of Topliss-reactive ketones (excluding diaryl/α,β-unsaturated/α-hetero) is 1. The fourth-order valence-electron chi connectivity index (χ4n) is 4.42. The lowest BCUT2D eigenvalue weighted by molar-refractivity contribution is 0.0968. The minimum absolute atomic E-state index is 0.00618. The Bertz CT molecular complexity index is 1110. The van der Waals surface area contributed by atoms with Crippen molar-refractivity contribution >= 4 is 5.78 Å². The molecule has 4 rings (SSSR count). The van der Waals surface area contributed by atoms with Crippen molar-refractivity contribution in [2.75, 3.05) is 35.5 Å². The zero-order valence-corrected chi connectivity index (χ0v) is 18.8. The number of hydrogen-bond acceptors (Lipinski definition) is 6. The van der Waals surface area contributed by atoms with Crippen molar-refractivity contribution in [2.24, 2.45) is 0 Å². The van der Waals surface area contributed by atoms with Gasteiger partial charge in [-0.05, 0) is 41.5 Å². The fourth-order valence-corrected chi connectivity index (χ4v) is 4.42. The van der Waals surface area contributed by atoms with Crippen molar-refractivity contribution in [3.8, 4) is 28.7 Å². The molecule has 0 aromatic heterocycles. The first kappa shape index (κ1) is 21.6. The topological polar surface area (TPSA) is 63.2 Å². The lowest BCUT2D eigenvalue weighted by Gasteiger charge is -2.23. The van der Waals surface area contributed by atoms with Crippen molar-refractivity contribution < 1.29 is 28.5 Å². The molecule has 1 aliphatic carbocycles. The van der Waals surface area contributed by atoms with Crippen LogP contribution in [-0.4, -0.2) is 41.3 Å². The molecule has 0 saturated heterocycles. The van der Waals surface area contributed by atoms with E-state index in [2.05, 4.69) is 0 Å². The average molecular weight is 434 g/mol. The van der Waals surface area contributed by atoms with Crippen LogP contribution in [0.15, 0.2) is 54.6 Å². The van der Waals surface area contributed by atoms with E-state index < -0.39 is 5.92 Å². The van der Waals surface area contributed by atoms with Gasteiger partial charge in [-0.3, -0.25) is 4.79 Å². The van der Waals surface area contributed by atoms with Gasteiger partial charge < -0.3 is 23.7 Å². The van der Waals surface area contributed by atoms with Crippen LogP contribution in [0, 0.1) is 0 Å². The van der Waals surface area contributed by atoms with E-state index in [4.69, 9.17) is 23.7 Å². The molecule has 0 unspecified atom stereocenters. The Morgan fingerprint density at radius 2 is 1.12 bits per heavy atom. The molecule has 0 N–H and O–H groups in total. The molecular weight excluding hydrogens is 408 g/mol. The summed E-state index contributed by atoms with van der Waals surface area (Å²) in [5.41, 5.74) is 3.22. The maximum atomic E-state index is 13.8. The molecule has 0 fully saturated rings. The Morgan fingerprint density at radius 3 is 1.66 bits per heavy atom. The Morgan fingerprint density at radius 1 is 0.562 bits per heavy atom. The van der Waals surface area contributed by atoms with Crippen molar-refractivity contribution in [3.63, 3.8) is 0 Å². The maximum absolute atomic E-state index is 13.8. The summed E-state index contributed by atoms with van der Waals surface area (Å²) in [6, 6.07) is 16.9. The number of methoxy groups -OCH3 is 5. The van der Waals surface area contributed by atoms with Crippen LogP contribution in [0.1, 0.15) is 38.9 Å². The normalized spacial score (nSPS) is 17.0. The Balaban J connectivity index is 1.96. The first-order chi connectivity index (χ1) is 15.5. The number of fused-ring (bicyclic) bond motifs is 1. The molecule has 0 radical (unpaired) electrons. The summed E-state index contributed by atoms with van der Waals surface area (Å²) in [6.45, 7) is 0. The number of benzene rings is 3. The summed E-state index contributed by atoms with van der Waals surface area (Å²) < 4.78 is 27.4. The summed E-state index contributed by atoms with van der Waals surface area (Å²) in [5, 5.41) is 0. The molecule has 3 aromatic carbocycles. The van der Waals surface area contributed by atoms with Crippen LogP contribution in [0.25, 0.3) is 0 Å². The Labute approximate surface area is 187 Å². The second-order valence-electron chi connectivity index (χ2n) is 7.53. The van der Waals surface area contributed by atoms with Gasteiger partial charge in [0.1, 0.15) is 28.7 Å². The van der Waals surface area contributed by atoms with Crippen molar-refractivity contribution in [1.82, 2.24) is 0 Å². The highest BCUT2D eigenvalue weighted by Crippen LogP contribution is 2.53. The van der Waals surface area contributed by atoms with Gasteiger partial charge in [-0.2, -0.15) is 0 Å². The van der Waals surface area contributed by atoms with E-state index >= 15 is 0 Å². The summed E-state index contributed by atoms with van der Waals surface area (Å²) in [5.74, 6) is 2.44. The predicted octanol–water partition coefficient (Wildman–Crippen LogP) is 4.84. The molecule has 0 spiro atoms. The molecule has 1 aliphatic rings. The molecular formula is C26H26O6. The van der Waals surface area contributed by atoms with Gasteiger partial charge in [0.05, 0.1) is 41.5 Å². The van der Waals surface area contributed by atoms with Crippen LogP contribution in [0.4, 0.5) is 0 Å². The smallest absolute Gasteiger partial charge is 0.171 e. The van der Waals surface area contributed by atoms with Crippen LogP contribution >= 0.6 is 0 Å². The highest BCUT2D eigenvalue weighted by molar-refractivity contribution is 6.08. The SMILES string of the molecule is COc1ccc([C@H]2c3c(OC)cc(OC)cc3C(=O)[C@H]2c2cc(OC)cc(OC)c2)cc1. The van der Waals surface area contributed by atoms with E-state index in [1.807, 2.05) is 42.5 Å². The standard InChI is InChI=1S/C26H26O6/c1-28-17-8-6-15(7-9-17)23-24(16-10-18(29-2)12-19(11-16)30-3)26(27)21-13-20(31-4)14-22(32-5)25(21)23/h6-14,23-24H,1-5H3/t23-,24+/m1/s1. The molecule has 0 amide bonds. The van der Waals surface area contributed by atoms with Crippen LogP contribution in [0.2, 0.25) is 0 Å². The Hall–Kier alpha value is -3.67. The van der Waals surface area contributed by atoms with Crippen molar-refractivity contribution in [1.29, 1.82) is 0 Å². The van der Waals surface area contributed by atoms with E-state index in [-0.39, 0.29) is 11.7 Å². The Kier molecular flexibility index (Phi) is 5.95. The largest absolute Gasteiger partial charge is 0.497 e. The first-order valence-electron chi connectivity index (χ1n) is 10.2. The molecule has 2 atom stereocenters. The molecule has 0 heterocycles. The summed E-state index contributed by atoms with van der Waals surface area (Å²) >= 11 is 0. The van der Waals surface area contributed by atoms with E-state index in [1.165, 1.54) is 0 Å². The van der Waals surface area contributed by atoms with E-state index in [9.17, 15) is 4.79 Å². The molecule has 32 heavy (non-hydrogen) atoms. The van der Waals surface area contributed by atoms with Gasteiger partial charge >= 0.3 is 0 Å². The van der Waals surface area contributed by atoms with Crippen LogP contribution < -0.4 is 23.7 Å². The minimum atomic E-state index is -0.483. The monoisotopic (exact) mass is 434 g/mol. The lowest BCUT2D eigenvalue weighted by atomic mass is 9.81. The van der Waals surface area contributed by atoms with Gasteiger partial charge in [-0.25, -0.2) is 0 Å². The van der Waals surface area contributed by atoms with Crippen molar-refractivity contribution in [3.05, 3.63) is 76.9 Å². The van der Waals surface area contributed by atoms with E-state index in [0.29, 0.717) is 28.6 Å². The molecule has 6 heteroatoms. The van der Waals surface area contributed by atoms with E-state index in [1.54, 1.807) is 47.7 Å². The summed E-state index contributed by atoms with van der Waals surface area (Å²) in [4.78, 5) is 13.8. The van der Waals surface area contributed by atoms with Gasteiger partial charge in [0, 0.05) is 29.2 Å². The highest BCUT2D eigenvalue weighted by Gasteiger charge is 2.44. The van der Waals surface area contributed by atoms with Crippen molar-refractivity contribution in [2.45, 2.75) is 11.8 Å². The third-order valence-corrected chi connectivity index (χ3v) is 5.97. The lowest BCUT2D eigenvalue weighted by Crippen LogP contribution is -2.13. The molecule has 0 saturated carbocycles. The number of carbonyl (C=O) groups is 1. The number of ketones is 1. The zero-order valence-electron chi connectivity index (χ0n) is 18.8. The van der Waals surface area contributed by atoms with Crippen LogP contribution in [0.3, 0.4) is 0 Å². The average Bonchev–Trinajstić information content (AvgIpc) is 3.15. The molecule has 0 bridgehead atoms. The zero-order chi connectivity index (χ0) is 22.8. The number of ether oxygens (including phenoxy) is 5. The quantitative estimate of drug-likeness (QED) is 0.530. The third kappa shape index (κ3) is 3.62. The molecule has 0 aliphatic heterocycles. The van der Waals surface area contributed by atoms with Gasteiger partial charge in [0.2, 0.25) is 0 Å². The van der Waals surface area contributed by atoms with Gasteiger partial charge in [0.15, 0.2) is 5.78 Å². The number of rotatable bonds is 7. The second kappa shape index (κ2) is 8.83. The number of carbonyl (C=O) groups excluding carboxylic acids is 1. The van der Waals surface area contributed by atoms with Crippen LogP contribution in [0.5, 0.6) is 28.7 Å². The second-order valence-corrected chi connectivity index (χ2v) is 7.53. The molecule has 3 aromatic rings. The fraction of sp³-hybridized carbons (Fsp3) is 0.269. The van der Waals surface area contributed by atoms with Crippen LogP contribution in [-0.2, 0) is 0 Å². The predicted molar refractivity (Wildman–Crippen MR) is 121 cm³/mol. The summed E-state index contributed by atoms with van der Waals surface area (Å²) in [7, 11) is 8.00. The maximum Gasteiger partial charge on any atom is 0.171 e. The van der Waals surface area contributed by atoms with Gasteiger partial charge in [-0.1, -0.05) is 12.1 Å². The molecule has 166 valence electrons. The highest BCUT2D eigenvalue weighted by atomic mass is 16.5. The molecule has 6 nitrogen and oxygen atoms in total. The van der Waals surface area contributed by atoms with Gasteiger partial charge in [-0.15, -0.1) is 0 Å². The number of hydrogen-bond donors (Lipinski definition) is 0. The minimum Gasteiger partial charge on any atom is -0.497 e. The first-order valence-corrected chi connectivity index (χ1v) is 10.2. The van der Waals surface area contributed by atoms with Gasteiger partial charge in [0.25, 0.3) is 0 Å². The van der Waals surface area contributed by atoms with E-state index in [0.717, 1.165) is 22.4 Å². The third-order valence-electron chi connectivity index (χ3n) is 5.97.